The fraction of sp³-hybridized carbons (Fsp3) is 0.500. The minimum Gasteiger partial charge on any atom is -0.394 e. The van der Waals surface area contributed by atoms with Crippen molar-refractivity contribution in [2.24, 2.45) is 5.73 Å². The van der Waals surface area contributed by atoms with E-state index in [1.807, 2.05) is 12.1 Å². The van der Waals surface area contributed by atoms with Gasteiger partial charge in [-0.15, -0.1) is 0 Å². The van der Waals surface area contributed by atoms with E-state index in [2.05, 4.69) is 33.9 Å². The molecule has 0 saturated carbocycles. The van der Waals surface area contributed by atoms with E-state index in [1.54, 1.807) is 0 Å². The lowest BCUT2D eigenvalue weighted by Gasteiger charge is -2.37. The molecule has 1 aliphatic rings. The van der Waals surface area contributed by atoms with Crippen molar-refractivity contribution in [2.45, 2.75) is 12.0 Å². The Morgan fingerprint density at radius 2 is 2.25 bits per heavy atom. The summed E-state index contributed by atoms with van der Waals surface area (Å²) in [6, 6.07) is 5.87. The van der Waals surface area contributed by atoms with Crippen molar-refractivity contribution in [3.63, 3.8) is 0 Å². The number of benzene rings is 1. The predicted molar refractivity (Wildman–Crippen MR) is 68.4 cm³/mol. The second-order valence-corrected chi connectivity index (χ2v) is 5.34. The Bertz CT molecular complexity index is 377. The van der Waals surface area contributed by atoms with Gasteiger partial charge in [0.05, 0.1) is 12.6 Å². The summed E-state index contributed by atoms with van der Waals surface area (Å²) in [6.07, 6.45) is 0. The molecule has 1 heterocycles. The number of likely N-dealkylation sites (N-methyl/N-ethyl adjacent to an activating group) is 1. The second kappa shape index (κ2) is 4.84. The third-order valence-corrected chi connectivity index (χ3v) is 3.84. The van der Waals surface area contributed by atoms with Crippen LogP contribution in [0, 0.1) is 0 Å². The maximum absolute atomic E-state index is 9.00. The van der Waals surface area contributed by atoms with Gasteiger partial charge in [0.25, 0.3) is 0 Å². The Kier molecular flexibility index (Phi) is 3.64. The zero-order valence-electron chi connectivity index (χ0n) is 9.36. The number of aliphatic hydroxyl groups excluding tert-OH is 1. The second-order valence-electron chi connectivity index (χ2n) is 4.49. The number of halogens is 1. The van der Waals surface area contributed by atoms with Crippen molar-refractivity contribution < 1.29 is 5.11 Å². The average Bonchev–Trinajstić information content (AvgIpc) is 2.24. The predicted octanol–water partition coefficient (Wildman–Crippen LogP) is 1.47. The van der Waals surface area contributed by atoms with Crippen molar-refractivity contribution >= 4 is 15.9 Å². The smallest absolute Gasteiger partial charge is 0.0624 e. The van der Waals surface area contributed by atoms with E-state index in [0.29, 0.717) is 5.92 Å². The molecule has 1 aromatic carbocycles. The highest BCUT2D eigenvalue weighted by molar-refractivity contribution is 9.10. The normalized spacial score (nSPS) is 19.5. The molecule has 3 nitrogen and oxygen atoms in total. The molecule has 0 amide bonds. The molecule has 2 rings (SSSR count). The molecule has 88 valence electrons. The van der Waals surface area contributed by atoms with E-state index in [1.165, 1.54) is 5.56 Å². The Labute approximate surface area is 104 Å². The molecule has 1 aromatic rings. The average molecular weight is 285 g/mol. The maximum atomic E-state index is 9.00. The van der Waals surface area contributed by atoms with Crippen LogP contribution < -0.4 is 5.73 Å². The summed E-state index contributed by atoms with van der Waals surface area (Å²) < 4.78 is 1.10. The van der Waals surface area contributed by atoms with Gasteiger partial charge in [-0.25, -0.2) is 0 Å². The van der Waals surface area contributed by atoms with Crippen LogP contribution in [0.5, 0.6) is 0 Å². The van der Waals surface area contributed by atoms with Crippen molar-refractivity contribution in [1.82, 2.24) is 4.90 Å². The third kappa shape index (κ3) is 2.30. The Hall–Kier alpha value is -0.420. The minimum atomic E-state index is -0.283. The first-order chi connectivity index (χ1) is 7.61. The van der Waals surface area contributed by atoms with Gasteiger partial charge < -0.3 is 15.7 Å². The van der Waals surface area contributed by atoms with E-state index in [9.17, 15) is 0 Å². The summed E-state index contributed by atoms with van der Waals surface area (Å²) in [4.78, 5) is 2.30. The molecule has 0 aliphatic carbocycles. The summed E-state index contributed by atoms with van der Waals surface area (Å²) in [5, 5.41) is 9.00. The van der Waals surface area contributed by atoms with Gasteiger partial charge >= 0.3 is 0 Å². The van der Waals surface area contributed by atoms with E-state index in [-0.39, 0.29) is 12.6 Å². The van der Waals surface area contributed by atoms with Crippen LogP contribution in [0.25, 0.3) is 0 Å². The van der Waals surface area contributed by atoms with Crippen LogP contribution in [-0.4, -0.2) is 36.8 Å². The number of rotatable bonds is 3. The third-order valence-electron chi connectivity index (χ3n) is 3.15. The molecule has 1 atom stereocenters. The monoisotopic (exact) mass is 284 g/mol. The van der Waals surface area contributed by atoms with Crippen LogP contribution in [0.1, 0.15) is 23.1 Å². The number of likely N-dealkylation sites (tertiary alicyclic amines) is 1. The van der Waals surface area contributed by atoms with E-state index >= 15 is 0 Å². The lowest BCUT2D eigenvalue weighted by molar-refractivity contribution is 0.189. The summed E-state index contributed by atoms with van der Waals surface area (Å²) in [6.45, 7) is 2.21. The molecule has 3 N–H and O–H groups in total. The molecule has 1 saturated heterocycles. The van der Waals surface area contributed by atoms with Crippen LogP contribution in [0.4, 0.5) is 0 Å². The quantitative estimate of drug-likeness (QED) is 0.884. The zero-order valence-corrected chi connectivity index (χ0v) is 10.9. The number of aliphatic hydroxyl groups is 1. The van der Waals surface area contributed by atoms with Crippen molar-refractivity contribution in [3.05, 3.63) is 33.8 Å². The summed E-state index contributed by atoms with van der Waals surface area (Å²) >= 11 is 3.58. The molecule has 1 fully saturated rings. The van der Waals surface area contributed by atoms with E-state index in [0.717, 1.165) is 23.1 Å². The highest BCUT2D eigenvalue weighted by Crippen LogP contribution is 2.32. The van der Waals surface area contributed by atoms with E-state index < -0.39 is 0 Å². The van der Waals surface area contributed by atoms with Crippen LogP contribution in [0.15, 0.2) is 22.7 Å². The van der Waals surface area contributed by atoms with Crippen molar-refractivity contribution in [3.8, 4) is 0 Å². The van der Waals surface area contributed by atoms with Gasteiger partial charge in [-0.05, 0) is 24.2 Å². The lowest BCUT2D eigenvalue weighted by Crippen LogP contribution is -2.41. The molecular formula is C12H17BrN2O. The number of nitrogens with two attached hydrogens (primary N) is 1. The van der Waals surface area contributed by atoms with Gasteiger partial charge in [-0.3, -0.25) is 0 Å². The first-order valence-electron chi connectivity index (χ1n) is 5.46. The number of nitrogens with zero attached hydrogens (tertiary/aromatic N) is 1. The first kappa shape index (κ1) is 12.0. The summed E-state index contributed by atoms with van der Waals surface area (Å²) in [5.41, 5.74) is 8.10. The molecule has 0 bridgehead atoms. The Morgan fingerprint density at radius 1 is 1.56 bits per heavy atom. The fourth-order valence-corrected chi connectivity index (χ4v) is 2.83. The molecule has 0 radical (unpaired) electrons. The largest absolute Gasteiger partial charge is 0.394 e. The van der Waals surface area contributed by atoms with Gasteiger partial charge in [0.1, 0.15) is 0 Å². The van der Waals surface area contributed by atoms with Crippen molar-refractivity contribution in [2.75, 3.05) is 26.7 Å². The molecule has 1 unspecified atom stereocenters. The summed E-state index contributed by atoms with van der Waals surface area (Å²) in [5.74, 6) is 0.624. The molecule has 16 heavy (non-hydrogen) atoms. The van der Waals surface area contributed by atoms with Crippen LogP contribution in [0.2, 0.25) is 0 Å². The standard InChI is InChI=1S/C12H17BrN2O/c1-15-5-9(6-15)10-3-2-8(4-11(10)13)12(14)7-16/h2-4,9,12,16H,5-7,14H2,1H3. The van der Waals surface area contributed by atoms with E-state index in [4.69, 9.17) is 10.8 Å². The lowest BCUT2D eigenvalue weighted by atomic mass is 9.91. The zero-order chi connectivity index (χ0) is 11.7. The molecular weight excluding hydrogens is 268 g/mol. The summed E-state index contributed by atoms with van der Waals surface area (Å²) in [7, 11) is 2.13. The van der Waals surface area contributed by atoms with Gasteiger partial charge in [0.2, 0.25) is 0 Å². The van der Waals surface area contributed by atoms with Crippen LogP contribution >= 0.6 is 15.9 Å². The highest BCUT2D eigenvalue weighted by Gasteiger charge is 2.26. The van der Waals surface area contributed by atoms with Gasteiger partial charge in [0, 0.05) is 23.5 Å². The molecule has 1 aliphatic heterocycles. The minimum absolute atomic E-state index is 0.0159. The fourth-order valence-electron chi connectivity index (χ4n) is 2.11. The van der Waals surface area contributed by atoms with Crippen LogP contribution in [0.3, 0.4) is 0 Å². The Morgan fingerprint density at radius 3 is 2.75 bits per heavy atom. The maximum Gasteiger partial charge on any atom is 0.0624 e. The van der Waals surface area contributed by atoms with Gasteiger partial charge in [0.15, 0.2) is 0 Å². The molecule has 0 aromatic heterocycles. The van der Waals surface area contributed by atoms with Gasteiger partial charge in [-0.2, -0.15) is 0 Å². The first-order valence-corrected chi connectivity index (χ1v) is 6.25. The number of hydrogen-bond acceptors (Lipinski definition) is 3. The van der Waals surface area contributed by atoms with Crippen LogP contribution in [-0.2, 0) is 0 Å². The SMILES string of the molecule is CN1CC(c2ccc(C(N)CO)cc2Br)C1. The topological polar surface area (TPSA) is 49.5 Å². The highest BCUT2D eigenvalue weighted by atomic mass is 79.9. The van der Waals surface area contributed by atoms with Crippen molar-refractivity contribution in [1.29, 1.82) is 0 Å². The Balaban J connectivity index is 2.17. The number of hydrogen-bond donors (Lipinski definition) is 2. The van der Waals surface area contributed by atoms with Gasteiger partial charge in [-0.1, -0.05) is 28.1 Å². The molecule has 4 heteroatoms. The molecule has 0 spiro atoms.